The molecule has 0 bridgehead atoms. The monoisotopic (exact) mass is 169 g/mol. The third-order valence-corrected chi connectivity index (χ3v) is 3.14. The lowest BCUT2D eigenvalue weighted by Crippen LogP contribution is -2.34. The first kappa shape index (κ1) is 10.0. The van der Waals surface area contributed by atoms with Crippen LogP contribution in [0.15, 0.2) is 0 Å². The molecule has 2 unspecified atom stereocenters. The molecule has 0 saturated carbocycles. The van der Waals surface area contributed by atoms with E-state index in [1.54, 1.807) is 0 Å². The summed E-state index contributed by atoms with van der Waals surface area (Å²) in [4.78, 5) is 0. The minimum absolute atomic E-state index is 0.913. The minimum atomic E-state index is 0.913. The van der Waals surface area contributed by atoms with E-state index in [-0.39, 0.29) is 0 Å². The highest BCUT2D eigenvalue weighted by Gasteiger charge is 2.19. The van der Waals surface area contributed by atoms with Crippen LogP contribution in [-0.4, -0.2) is 13.1 Å². The van der Waals surface area contributed by atoms with Crippen LogP contribution in [0.25, 0.3) is 0 Å². The lowest BCUT2D eigenvalue weighted by atomic mass is 9.84. The molecule has 0 spiro atoms. The van der Waals surface area contributed by atoms with Crippen molar-refractivity contribution in [2.75, 3.05) is 13.1 Å². The highest BCUT2D eigenvalue weighted by molar-refractivity contribution is 4.74. The van der Waals surface area contributed by atoms with Crippen LogP contribution in [-0.2, 0) is 0 Å². The van der Waals surface area contributed by atoms with Gasteiger partial charge in [0.25, 0.3) is 0 Å². The fraction of sp³-hybridized carbons (Fsp3) is 1.00. The third-order valence-electron chi connectivity index (χ3n) is 3.14. The van der Waals surface area contributed by atoms with Gasteiger partial charge in [-0.15, -0.1) is 0 Å². The Kier molecular flexibility index (Phi) is 4.67. The van der Waals surface area contributed by atoms with Crippen molar-refractivity contribution in [3.63, 3.8) is 0 Å². The summed E-state index contributed by atoms with van der Waals surface area (Å²) in [6.45, 7) is 7.17. The summed E-state index contributed by atoms with van der Waals surface area (Å²) < 4.78 is 0. The molecule has 1 aliphatic rings. The van der Waals surface area contributed by atoms with Crippen LogP contribution in [0.3, 0.4) is 0 Å². The van der Waals surface area contributed by atoms with Crippen LogP contribution in [0.1, 0.15) is 46.0 Å². The molecule has 0 aromatic heterocycles. The molecular weight excluding hydrogens is 146 g/mol. The van der Waals surface area contributed by atoms with Crippen LogP contribution < -0.4 is 5.32 Å². The molecule has 0 radical (unpaired) electrons. The normalized spacial score (nSPS) is 30.5. The fourth-order valence-corrected chi connectivity index (χ4v) is 2.15. The summed E-state index contributed by atoms with van der Waals surface area (Å²) in [5.41, 5.74) is 0. The van der Waals surface area contributed by atoms with Gasteiger partial charge in [0.15, 0.2) is 0 Å². The molecule has 0 aliphatic carbocycles. The van der Waals surface area contributed by atoms with Crippen molar-refractivity contribution < 1.29 is 0 Å². The molecule has 1 N–H and O–H groups in total. The van der Waals surface area contributed by atoms with Gasteiger partial charge in [0, 0.05) is 0 Å². The van der Waals surface area contributed by atoms with Gasteiger partial charge in [-0.2, -0.15) is 0 Å². The van der Waals surface area contributed by atoms with Crippen LogP contribution in [0.2, 0.25) is 0 Å². The molecular formula is C11H23N. The van der Waals surface area contributed by atoms with E-state index in [0.29, 0.717) is 0 Å². The number of unbranched alkanes of at least 4 members (excludes halogenated alkanes) is 2. The predicted molar refractivity (Wildman–Crippen MR) is 54.3 cm³/mol. The van der Waals surface area contributed by atoms with Crippen molar-refractivity contribution in [2.45, 2.75) is 46.0 Å². The molecule has 2 atom stereocenters. The first-order chi connectivity index (χ1) is 5.84. The van der Waals surface area contributed by atoms with Gasteiger partial charge < -0.3 is 5.32 Å². The summed E-state index contributed by atoms with van der Waals surface area (Å²) in [5.74, 6) is 1.92. The van der Waals surface area contributed by atoms with E-state index in [2.05, 4.69) is 19.2 Å². The molecule has 0 aromatic rings. The number of piperidine rings is 1. The minimum Gasteiger partial charge on any atom is -0.316 e. The van der Waals surface area contributed by atoms with Gasteiger partial charge in [-0.3, -0.25) is 0 Å². The SMILES string of the molecule is CCCCCC1CCNCC1C. The molecule has 1 heteroatoms. The Morgan fingerprint density at radius 3 is 2.83 bits per heavy atom. The van der Waals surface area contributed by atoms with E-state index in [1.807, 2.05) is 0 Å². The lowest BCUT2D eigenvalue weighted by molar-refractivity contribution is 0.252. The van der Waals surface area contributed by atoms with E-state index in [9.17, 15) is 0 Å². The first-order valence-corrected chi connectivity index (χ1v) is 5.55. The second-order valence-corrected chi connectivity index (χ2v) is 4.23. The van der Waals surface area contributed by atoms with E-state index in [1.165, 1.54) is 45.2 Å². The van der Waals surface area contributed by atoms with Gasteiger partial charge in [-0.05, 0) is 31.3 Å². The van der Waals surface area contributed by atoms with Crippen molar-refractivity contribution in [2.24, 2.45) is 11.8 Å². The summed E-state index contributed by atoms with van der Waals surface area (Å²) in [6, 6.07) is 0. The fourth-order valence-electron chi connectivity index (χ4n) is 2.15. The molecule has 72 valence electrons. The third kappa shape index (κ3) is 3.14. The van der Waals surface area contributed by atoms with Gasteiger partial charge >= 0.3 is 0 Å². The second kappa shape index (κ2) is 5.58. The number of nitrogens with one attached hydrogen (secondary N) is 1. The second-order valence-electron chi connectivity index (χ2n) is 4.23. The molecule has 1 nitrogen and oxygen atoms in total. The van der Waals surface area contributed by atoms with Crippen molar-refractivity contribution in [3.05, 3.63) is 0 Å². The van der Waals surface area contributed by atoms with Gasteiger partial charge in [0.05, 0.1) is 0 Å². The Balaban J connectivity index is 2.11. The largest absolute Gasteiger partial charge is 0.316 e. The Hall–Kier alpha value is -0.0400. The quantitative estimate of drug-likeness (QED) is 0.638. The predicted octanol–water partition coefficient (Wildman–Crippen LogP) is 2.81. The van der Waals surface area contributed by atoms with E-state index in [0.717, 1.165) is 11.8 Å². The molecule has 1 rings (SSSR count). The molecule has 0 amide bonds. The number of hydrogen-bond acceptors (Lipinski definition) is 1. The number of rotatable bonds is 4. The highest BCUT2D eigenvalue weighted by Crippen LogP contribution is 2.24. The van der Waals surface area contributed by atoms with Crippen LogP contribution in [0, 0.1) is 11.8 Å². The topological polar surface area (TPSA) is 12.0 Å². The zero-order chi connectivity index (χ0) is 8.81. The van der Waals surface area contributed by atoms with Crippen molar-refractivity contribution in [1.82, 2.24) is 5.32 Å². The lowest BCUT2D eigenvalue weighted by Gasteiger charge is -2.29. The Morgan fingerprint density at radius 2 is 2.17 bits per heavy atom. The number of hydrogen-bond donors (Lipinski definition) is 1. The summed E-state index contributed by atoms with van der Waals surface area (Å²) in [6.07, 6.45) is 7.11. The van der Waals surface area contributed by atoms with Gasteiger partial charge in [-0.1, -0.05) is 39.5 Å². The average Bonchev–Trinajstić information content (AvgIpc) is 2.09. The maximum absolute atomic E-state index is 3.45. The van der Waals surface area contributed by atoms with Crippen LogP contribution >= 0.6 is 0 Å². The molecule has 0 aromatic carbocycles. The van der Waals surface area contributed by atoms with Crippen molar-refractivity contribution in [1.29, 1.82) is 0 Å². The summed E-state index contributed by atoms with van der Waals surface area (Å²) in [7, 11) is 0. The van der Waals surface area contributed by atoms with E-state index < -0.39 is 0 Å². The summed E-state index contributed by atoms with van der Waals surface area (Å²) >= 11 is 0. The van der Waals surface area contributed by atoms with E-state index >= 15 is 0 Å². The smallest absolute Gasteiger partial charge is 0.00205 e. The maximum Gasteiger partial charge on any atom is -0.00205 e. The Morgan fingerprint density at radius 1 is 1.33 bits per heavy atom. The Labute approximate surface area is 76.9 Å². The van der Waals surface area contributed by atoms with Crippen molar-refractivity contribution >= 4 is 0 Å². The molecule has 12 heavy (non-hydrogen) atoms. The molecule has 1 fully saturated rings. The average molecular weight is 169 g/mol. The molecule has 1 heterocycles. The van der Waals surface area contributed by atoms with Crippen LogP contribution in [0.4, 0.5) is 0 Å². The van der Waals surface area contributed by atoms with Gasteiger partial charge in [-0.25, -0.2) is 0 Å². The van der Waals surface area contributed by atoms with Crippen molar-refractivity contribution in [3.8, 4) is 0 Å². The van der Waals surface area contributed by atoms with E-state index in [4.69, 9.17) is 0 Å². The summed E-state index contributed by atoms with van der Waals surface area (Å²) in [5, 5.41) is 3.45. The maximum atomic E-state index is 3.45. The first-order valence-electron chi connectivity index (χ1n) is 5.55. The highest BCUT2D eigenvalue weighted by atomic mass is 14.9. The van der Waals surface area contributed by atoms with Gasteiger partial charge in [0.2, 0.25) is 0 Å². The van der Waals surface area contributed by atoms with Gasteiger partial charge in [0.1, 0.15) is 0 Å². The zero-order valence-corrected chi connectivity index (χ0v) is 8.60. The Bertz CT molecular complexity index is 112. The standard InChI is InChI=1S/C11H23N/c1-3-4-5-6-11-7-8-12-9-10(11)2/h10-12H,3-9H2,1-2H3. The molecule has 1 saturated heterocycles. The zero-order valence-electron chi connectivity index (χ0n) is 8.60. The van der Waals surface area contributed by atoms with Crippen LogP contribution in [0.5, 0.6) is 0 Å². The molecule has 1 aliphatic heterocycles.